The minimum absolute atomic E-state index is 0.0175. The van der Waals surface area contributed by atoms with Crippen molar-refractivity contribution in [3.63, 3.8) is 0 Å². The van der Waals surface area contributed by atoms with Crippen molar-refractivity contribution in [2.45, 2.75) is 12.5 Å². The Morgan fingerprint density at radius 1 is 1.45 bits per heavy atom. The Balaban J connectivity index is 2.01. The molecule has 2 amide bonds. The molecule has 1 fully saturated rings. The second-order valence-electron chi connectivity index (χ2n) is 5.37. The molecule has 6 nitrogen and oxygen atoms in total. The number of hydrogen-bond acceptors (Lipinski definition) is 4. The largest absolute Gasteiger partial charge is 0.378 e. The van der Waals surface area contributed by atoms with Gasteiger partial charge in [0.15, 0.2) is 0 Å². The molecule has 1 atom stereocenters. The molecule has 1 aliphatic heterocycles. The van der Waals surface area contributed by atoms with Crippen LogP contribution in [0.3, 0.4) is 0 Å². The zero-order valence-electron chi connectivity index (χ0n) is 12.7. The predicted molar refractivity (Wildman–Crippen MR) is 85.3 cm³/mol. The molecule has 120 valence electrons. The van der Waals surface area contributed by atoms with Crippen molar-refractivity contribution in [3.8, 4) is 0 Å². The fourth-order valence-electron chi connectivity index (χ4n) is 2.19. The van der Waals surface area contributed by atoms with E-state index in [1.54, 1.807) is 32.3 Å². The summed E-state index contributed by atoms with van der Waals surface area (Å²) in [4.78, 5) is 25.5. The third kappa shape index (κ3) is 4.43. The topological polar surface area (TPSA) is 70.7 Å². The van der Waals surface area contributed by atoms with E-state index in [1.165, 1.54) is 4.90 Å². The maximum absolute atomic E-state index is 12.0. The van der Waals surface area contributed by atoms with Gasteiger partial charge in [-0.15, -0.1) is 0 Å². The zero-order chi connectivity index (χ0) is 16.1. The van der Waals surface area contributed by atoms with E-state index in [1.807, 2.05) is 0 Å². The van der Waals surface area contributed by atoms with Crippen LogP contribution in [0.1, 0.15) is 16.8 Å². The van der Waals surface area contributed by atoms with Crippen molar-refractivity contribution < 1.29 is 14.3 Å². The van der Waals surface area contributed by atoms with E-state index in [4.69, 9.17) is 16.3 Å². The number of morpholine rings is 1. The summed E-state index contributed by atoms with van der Waals surface area (Å²) in [5, 5.41) is 6.37. The first-order valence-electron chi connectivity index (χ1n) is 7.09. The molecule has 0 aromatic heterocycles. The highest BCUT2D eigenvalue weighted by Gasteiger charge is 2.18. The molecular formula is C15H20ClN3O3. The summed E-state index contributed by atoms with van der Waals surface area (Å²) in [6.45, 7) is 1.95. The van der Waals surface area contributed by atoms with Gasteiger partial charge >= 0.3 is 0 Å². The number of benzene rings is 1. The summed E-state index contributed by atoms with van der Waals surface area (Å²) in [5.41, 5.74) is 0.917. The maximum Gasteiger partial charge on any atom is 0.254 e. The summed E-state index contributed by atoms with van der Waals surface area (Å²) in [5.74, 6) is -0.336. The lowest BCUT2D eigenvalue weighted by molar-refractivity contribution is -0.117. The highest BCUT2D eigenvalue weighted by molar-refractivity contribution is 6.34. The van der Waals surface area contributed by atoms with Crippen LogP contribution in [0.25, 0.3) is 0 Å². The summed E-state index contributed by atoms with van der Waals surface area (Å²) in [6, 6.07) is 4.89. The van der Waals surface area contributed by atoms with Gasteiger partial charge in [0.05, 0.1) is 23.8 Å². The van der Waals surface area contributed by atoms with Gasteiger partial charge < -0.3 is 20.3 Å². The van der Waals surface area contributed by atoms with Gasteiger partial charge in [-0.2, -0.15) is 0 Å². The molecule has 0 radical (unpaired) electrons. The van der Waals surface area contributed by atoms with Crippen LogP contribution in [-0.4, -0.2) is 56.6 Å². The van der Waals surface area contributed by atoms with Gasteiger partial charge in [-0.1, -0.05) is 11.6 Å². The van der Waals surface area contributed by atoms with Crippen LogP contribution < -0.4 is 10.6 Å². The normalized spacial score (nSPS) is 17.9. The molecule has 1 aliphatic rings. The Hall–Kier alpha value is -1.63. The van der Waals surface area contributed by atoms with Crippen molar-refractivity contribution in [2.24, 2.45) is 0 Å². The minimum atomic E-state index is -0.205. The summed E-state index contributed by atoms with van der Waals surface area (Å²) in [7, 11) is 3.30. The molecule has 22 heavy (non-hydrogen) atoms. The van der Waals surface area contributed by atoms with Gasteiger partial charge in [-0.25, -0.2) is 0 Å². The van der Waals surface area contributed by atoms with E-state index in [0.29, 0.717) is 35.9 Å². The predicted octanol–water partition coefficient (Wildman–Crippen LogP) is 1.36. The Labute approximate surface area is 134 Å². The van der Waals surface area contributed by atoms with Crippen molar-refractivity contribution in [2.75, 3.05) is 39.2 Å². The summed E-state index contributed by atoms with van der Waals surface area (Å²) >= 11 is 6.04. The number of ether oxygens (including phenoxy) is 1. The van der Waals surface area contributed by atoms with Crippen LogP contribution in [-0.2, 0) is 9.53 Å². The molecule has 2 N–H and O–H groups in total. The van der Waals surface area contributed by atoms with Gasteiger partial charge in [0.25, 0.3) is 5.91 Å². The van der Waals surface area contributed by atoms with Crippen molar-refractivity contribution in [1.82, 2.24) is 10.2 Å². The monoisotopic (exact) mass is 325 g/mol. The molecule has 0 spiro atoms. The second-order valence-corrected chi connectivity index (χ2v) is 5.78. The standard InChI is InChI=1S/C15H20ClN3O3/c1-19(2)15(21)12-7-10(3-4-13(12)16)18-14(20)8-11-9-22-6-5-17-11/h3-4,7,11,17H,5-6,8-9H2,1-2H3,(H,18,20). The van der Waals surface area contributed by atoms with E-state index < -0.39 is 0 Å². The highest BCUT2D eigenvalue weighted by atomic mass is 35.5. The first-order chi connectivity index (χ1) is 10.5. The van der Waals surface area contributed by atoms with Gasteiger partial charge in [0, 0.05) is 38.8 Å². The third-order valence-electron chi connectivity index (χ3n) is 3.32. The molecule has 1 unspecified atom stereocenters. The lowest BCUT2D eigenvalue weighted by Crippen LogP contribution is -2.43. The molecular weight excluding hydrogens is 306 g/mol. The lowest BCUT2D eigenvalue weighted by atomic mass is 10.1. The van der Waals surface area contributed by atoms with Crippen molar-refractivity contribution >= 4 is 29.1 Å². The van der Waals surface area contributed by atoms with E-state index in [0.717, 1.165) is 6.54 Å². The SMILES string of the molecule is CN(C)C(=O)c1cc(NC(=O)CC2COCCN2)ccc1Cl. The second kappa shape index (κ2) is 7.58. The van der Waals surface area contributed by atoms with Gasteiger partial charge in [0.1, 0.15) is 0 Å². The smallest absolute Gasteiger partial charge is 0.254 e. The van der Waals surface area contributed by atoms with Crippen LogP contribution in [0, 0.1) is 0 Å². The molecule has 1 aromatic carbocycles. The minimum Gasteiger partial charge on any atom is -0.378 e. The van der Waals surface area contributed by atoms with Crippen molar-refractivity contribution in [1.29, 1.82) is 0 Å². The van der Waals surface area contributed by atoms with Crippen molar-refractivity contribution in [3.05, 3.63) is 28.8 Å². The van der Waals surface area contributed by atoms with E-state index in [-0.39, 0.29) is 17.9 Å². The Bertz CT molecular complexity index is 557. The Kier molecular flexibility index (Phi) is 5.76. The highest BCUT2D eigenvalue weighted by Crippen LogP contribution is 2.22. The van der Waals surface area contributed by atoms with Crippen LogP contribution in [0.2, 0.25) is 5.02 Å². The number of nitrogens with one attached hydrogen (secondary N) is 2. The molecule has 1 aromatic rings. The molecule has 1 heterocycles. The summed E-state index contributed by atoms with van der Waals surface area (Å²) in [6.07, 6.45) is 0.319. The number of amides is 2. The van der Waals surface area contributed by atoms with Crippen LogP contribution >= 0.6 is 11.6 Å². The number of nitrogens with zero attached hydrogens (tertiary/aromatic N) is 1. The van der Waals surface area contributed by atoms with Crippen LogP contribution in [0.4, 0.5) is 5.69 Å². The average Bonchev–Trinajstić information content (AvgIpc) is 2.49. The molecule has 0 saturated carbocycles. The quantitative estimate of drug-likeness (QED) is 0.877. The molecule has 1 saturated heterocycles. The van der Waals surface area contributed by atoms with E-state index in [2.05, 4.69) is 10.6 Å². The number of hydrogen-bond donors (Lipinski definition) is 2. The molecule has 0 bridgehead atoms. The third-order valence-corrected chi connectivity index (χ3v) is 3.65. The lowest BCUT2D eigenvalue weighted by Gasteiger charge is -2.23. The number of anilines is 1. The maximum atomic E-state index is 12.0. The van der Waals surface area contributed by atoms with Gasteiger partial charge in [-0.3, -0.25) is 9.59 Å². The Morgan fingerprint density at radius 3 is 2.86 bits per heavy atom. The molecule has 7 heteroatoms. The van der Waals surface area contributed by atoms with Crippen LogP contribution in [0.15, 0.2) is 18.2 Å². The van der Waals surface area contributed by atoms with Gasteiger partial charge in [-0.05, 0) is 18.2 Å². The molecule has 2 rings (SSSR count). The van der Waals surface area contributed by atoms with E-state index >= 15 is 0 Å². The first kappa shape index (κ1) is 16.7. The fourth-order valence-corrected chi connectivity index (χ4v) is 2.39. The fraction of sp³-hybridized carbons (Fsp3) is 0.467. The number of rotatable bonds is 4. The van der Waals surface area contributed by atoms with E-state index in [9.17, 15) is 9.59 Å². The number of carbonyl (C=O) groups is 2. The van der Waals surface area contributed by atoms with Gasteiger partial charge in [0.2, 0.25) is 5.91 Å². The summed E-state index contributed by atoms with van der Waals surface area (Å²) < 4.78 is 5.32. The average molecular weight is 326 g/mol. The molecule has 0 aliphatic carbocycles. The number of halogens is 1. The van der Waals surface area contributed by atoms with Crippen LogP contribution in [0.5, 0.6) is 0 Å². The first-order valence-corrected chi connectivity index (χ1v) is 7.47. The Morgan fingerprint density at radius 2 is 2.23 bits per heavy atom. The number of carbonyl (C=O) groups excluding carboxylic acids is 2. The zero-order valence-corrected chi connectivity index (χ0v) is 13.4.